The molecular formula is C13H20ClNO3S2. The van der Waals surface area contributed by atoms with Crippen molar-refractivity contribution in [3.05, 3.63) is 16.5 Å². The summed E-state index contributed by atoms with van der Waals surface area (Å²) in [6.07, 6.45) is 0. The molecule has 1 amide bonds. The first kappa shape index (κ1) is 17.5. The Bertz CT molecular complexity index is 603. The molecule has 0 atom stereocenters. The van der Waals surface area contributed by atoms with E-state index >= 15 is 0 Å². The molecule has 1 rings (SSSR count). The molecular weight excluding hydrogens is 318 g/mol. The molecule has 1 aromatic rings. The van der Waals surface area contributed by atoms with Gasteiger partial charge >= 0.3 is 0 Å². The van der Waals surface area contributed by atoms with Crippen molar-refractivity contribution in [3.63, 3.8) is 0 Å². The molecule has 1 heterocycles. The predicted molar refractivity (Wildman–Crippen MR) is 83.0 cm³/mol. The van der Waals surface area contributed by atoms with Crippen LogP contribution in [0.4, 0.5) is 0 Å². The van der Waals surface area contributed by atoms with E-state index in [1.807, 2.05) is 0 Å². The molecule has 1 aromatic heterocycles. The van der Waals surface area contributed by atoms with Crippen LogP contribution in [0.25, 0.3) is 0 Å². The second-order valence-corrected chi connectivity index (χ2v) is 9.47. The molecule has 0 spiro atoms. The fourth-order valence-electron chi connectivity index (χ4n) is 1.47. The van der Waals surface area contributed by atoms with Gasteiger partial charge in [0.25, 0.3) is 15.0 Å². The lowest BCUT2D eigenvalue weighted by Gasteiger charge is -2.29. The average Bonchev–Trinajstić information content (AvgIpc) is 2.67. The first-order valence-electron chi connectivity index (χ1n) is 6.27. The van der Waals surface area contributed by atoms with E-state index in [0.717, 1.165) is 11.3 Å². The first-order valence-corrected chi connectivity index (χ1v) is 9.46. The summed E-state index contributed by atoms with van der Waals surface area (Å²) in [7, 11) is 1.53. The molecule has 4 nitrogen and oxygen atoms in total. The zero-order chi connectivity index (χ0) is 15.7. The van der Waals surface area contributed by atoms with Crippen LogP contribution < -0.4 is 5.32 Å². The lowest BCUT2D eigenvalue weighted by atomic mass is 9.81. The van der Waals surface area contributed by atoms with Crippen molar-refractivity contribution in [1.82, 2.24) is 5.32 Å². The van der Waals surface area contributed by atoms with Crippen molar-refractivity contribution in [3.8, 4) is 0 Å². The highest BCUT2D eigenvalue weighted by Gasteiger charge is 2.25. The van der Waals surface area contributed by atoms with Gasteiger partial charge in [-0.3, -0.25) is 4.79 Å². The van der Waals surface area contributed by atoms with Crippen LogP contribution in [0, 0.1) is 18.3 Å². The molecule has 0 saturated carbocycles. The Morgan fingerprint density at radius 3 is 2.40 bits per heavy atom. The minimum absolute atomic E-state index is 0.0268. The maximum atomic E-state index is 12.1. The third-order valence-electron chi connectivity index (χ3n) is 3.73. The lowest BCUT2D eigenvalue weighted by Crippen LogP contribution is -2.37. The van der Waals surface area contributed by atoms with Crippen molar-refractivity contribution in [1.29, 1.82) is 0 Å². The predicted octanol–water partition coefficient (Wildman–Crippen LogP) is 3.40. The number of amides is 1. The normalized spacial score (nSPS) is 12.8. The van der Waals surface area contributed by atoms with Crippen molar-refractivity contribution < 1.29 is 13.2 Å². The van der Waals surface area contributed by atoms with Crippen LogP contribution in [-0.2, 0) is 9.05 Å². The summed E-state index contributed by atoms with van der Waals surface area (Å²) in [6.45, 7) is 10.5. The standard InChI is InChI=1S/C13H20ClNO3S2/c1-8(2)13(4,5)7-15-11(16)10-6-19-12(9(10)3)20(14,17)18/h6,8H,7H2,1-5H3,(H,15,16). The van der Waals surface area contributed by atoms with Crippen LogP contribution in [-0.4, -0.2) is 20.9 Å². The second-order valence-electron chi connectivity index (χ2n) is 5.83. The molecule has 7 heteroatoms. The molecule has 0 aromatic carbocycles. The quantitative estimate of drug-likeness (QED) is 0.837. The number of rotatable bonds is 5. The number of nitrogens with one attached hydrogen (secondary N) is 1. The molecule has 0 unspecified atom stereocenters. The van der Waals surface area contributed by atoms with Gasteiger partial charge in [0.2, 0.25) is 0 Å². The third-order valence-corrected chi connectivity index (χ3v) is 7.03. The van der Waals surface area contributed by atoms with Gasteiger partial charge in [0.1, 0.15) is 4.21 Å². The van der Waals surface area contributed by atoms with E-state index in [1.165, 1.54) is 5.38 Å². The number of thiophene rings is 1. The van der Waals surface area contributed by atoms with Gasteiger partial charge < -0.3 is 5.32 Å². The number of halogens is 1. The van der Waals surface area contributed by atoms with Crippen molar-refractivity contribution in [2.45, 2.75) is 38.8 Å². The summed E-state index contributed by atoms with van der Waals surface area (Å²) < 4.78 is 22.7. The van der Waals surface area contributed by atoms with Gasteiger partial charge in [-0.05, 0) is 23.8 Å². The monoisotopic (exact) mass is 337 g/mol. The Kier molecular flexibility index (Phi) is 5.27. The minimum atomic E-state index is -3.79. The number of carbonyl (C=O) groups is 1. The molecule has 0 saturated heterocycles. The topological polar surface area (TPSA) is 63.2 Å². The summed E-state index contributed by atoms with van der Waals surface area (Å²) in [6, 6.07) is 0. The van der Waals surface area contributed by atoms with Gasteiger partial charge in [0.15, 0.2) is 0 Å². The van der Waals surface area contributed by atoms with E-state index < -0.39 is 9.05 Å². The van der Waals surface area contributed by atoms with Crippen LogP contribution in [0.15, 0.2) is 9.59 Å². The summed E-state index contributed by atoms with van der Waals surface area (Å²) in [5, 5.41) is 4.39. The van der Waals surface area contributed by atoms with Gasteiger partial charge in [0.05, 0.1) is 5.56 Å². The van der Waals surface area contributed by atoms with Gasteiger partial charge in [0, 0.05) is 22.6 Å². The van der Waals surface area contributed by atoms with Crippen molar-refractivity contribution in [2.24, 2.45) is 11.3 Å². The van der Waals surface area contributed by atoms with E-state index in [4.69, 9.17) is 10.7 Å². The lowest BCUT2D eigenvalue weighted by molar-refractivity contribution is 0.0924. The van der Waals surface area contributed by atoms with E-state index in [1.54, 1.807) is 6.92 Å². The summed E-state index contributed by atoms with van der Waals surface area (Å²) in [4.78, 5) is 12.1. The maximum Gasteiger partial charge on any atom is 0.271 e. The van der Waals surface area contributed by atoms with Crippen LogP contribution in [0.1, 0.15) is 43.6 Å². The summed E-state index contributed by atoms with van der Waals surface area (Å²) in [5.74, 6) is 0.157. The Labute approximate surface area is 129 Å². The molecule has 1 N–H and O–H groups in total. The maximum absolute atomic E-state index is 12.1. The van der Waals surface area contributed by atoms with E-state index in [9.17, 15) is 13.2 Å². The molecule has 0 bridgehead atoms. The number of hydrogen-bond acceptors (Lipinski definition) is 4. The zero-order valence-corrected chi connectivity index (χ0v) is 14.7. The van der Waals surface area contributed by atoms with E-state index in [2.05, 4.69) is 33.0 Å². The van der Waals surface area contributed by atoms with Gasteiger partial charge in [-0.2, -0.15) is 0 Å². The zero-order valence-electron chi connectivity index (χ0n) is 12.3. The van der Waals surface area contributed by atoms with Crippen LogP contribution in [0.5, 0.6) is 0 Å². The molecule has 114 valence electrons. The second kappa shape index (κ2) is 6.03. The fourth-order valence-corrected chi connectivity index (χ4v) is 4.02. The van der Waals surface area contributed by atoms with Crippen LogP contribution >= 0.6 is 22.0 Å². The van der Waals surface area contributed by atoms with Crippen LogP contribution in [0.3, 0.4) is 0 Å². The number of hydrogen-bond donors (Lipinski definition) is 1. The van der Waals surface area contributed by atoms with Crippen LogP contribution in [0.2, 0.25) is 0 Å². The highest BCUT2D eigenvalue weighted by molar-refractivity contribution is 8.15. The first-order chi connectivity index (χ1) is 8.97. The largest absolute Gasteiger partial charge is 0.351 e. The molecule has 0 radical (unpaired) electrons. The van der Waals surface area contributed by atoms with E-state index in [0.29, 0.717) is 23.6 Å². The molecule has 0 aliphatic carbocycles. The molecule has 0 aliphatic rings. The SMILES string of the molecule is Cc1c(C(=O)NCC(C)(C)C(C)C)csc1S(=O)(=O)Cl. The summed E-state index contributed by atoms with van der Waals surface area (Å²) in [5.41, 5.74) is 0.750. The smallest absolute Gasteiger partial charge is 0.271 e. The number of carbonyl (C=O) groups excluding carboxylic acids is 1. The Morgan fingerprint density at radius 2 is 2.00 bits per heavy atom. The fraction of sp³-hybridized carbons (Fsp3) is 0.615. The third kappa shape index (κ3) is 3.96. The van der Waals surface area contributed by atoms with Gasteiger partial charge in [-0.15, -0.1) is 11.3 Å². The van der Waals surface area contributed by atoms with Gasteiger partial charge in [-0.25, -0.2) is 8.42 Å². The highest BCUT2D eigenvalue weighted by atomic mass is 35.7. The minimum Gasteiger partial charge on any atom is -0.351 e. The molecule has 20 heavy (non-hydrogen) atoms. The summed E-state index contributed by atoms with van der Waals surface area (Å²) >= 11 is 0.970. The average molecular weight is 338 g/mol. The van der Waals surface area contributed by atoms with Gasteiger partial charge in [-0.1, -0.05) is 27.7 Å². The van der Waals surface area contributed by atoms with Crippen molar-refractivity contribution >= 4 is 37.0 Å². The Balaban J connectivity index is 2.88. The molecule has 0 aliphatic heterocycles. The molecule has 0 fully saturated rings. The highest BCUT2D eigenvalue weighted by Crippen LogP contribution is 2.30. The van der Waals surface area contributed by atoms with E-state index in [-0.39, 0.29) is 15.5 Å². The van der Waals surface area contributed by atoms with Crippen molar-refractivity contribution in [2.75, 3.05) is 6.54 Å². The Morgan fingerprint density at radius 1 is 1.45 bits per heavy atom. The Hall–Kier alpha value is -0.590.